The zero-order valence-electron chi connectivity index (χ0n) is 13.8. The molecule has 1 aliphatic rings. The average molecular weight is 333 g/mol. The van der Waals surface area contributed by atoms with E-state index >= 15 is 0 Å². The summed E-state index contributed by atoms with van der Waals surface area (Å²) >= 11 is 0. The Balaban J connectivity index is 1.84. The number of hydrogen-bond acceptors (Lipinski definition) is 4. The van der Waals surface area contributed by atoms with Gasteiger partial charge >= 0.3 is 0 Å². The molecule has 4 rings (SSSR count). The Kier molecular flexibility index (Phi) is 3.98. The van der Waals surface area contributed by atoms with Crippen LogP contribution in [0.15, 0.2) is 47.4 Å². The molecule has 0 bridgehead atoms. The number of anilines is 2. The van der Waals surface area contributed by atoms with Crippen molar-refractivity contribution in [1.29, 1.82) is 5.26 Å². The number of aromatic amines is 1. The van der Waals surface area contributed by atoms with Crippen molar-refractivity contribution in [3.8, 4) is 6.07 Å². The van der Waals surface area contributed by atoms with E-state index in [0.29, 0.717) is 11.2 Å². The van der Waals surface area contributed by atoms with Crippen LogP contribution in [-0.4, -0.2) is 14.8 Å². The van der Waals surface area contributed by atoms with E-state index in [0.717, 1.165) is 36.9 Å². The van der Waals surface area contributed by atoms with Gasteiger partial charge in [-0.15, -0.1) is 0 Å². The minimum atomic E-state index is -0.175. The Morgan fingerprint density at radius 3 is 2.80 bits per heavy atom. The molecular weight excluding hydrogens is 314 g/mol. The van der Waals surface area contributed by atoms with Crippen molar-refractivity contribution < 1.29 is 0 Å². The van der Waals surface area contributed by atoms with E-state index in [1.54, 1.807) is 6.20 Å². The summed E-state index contributed by atoms with van der Waals surface area (Å²) < 4.78 is 1.88. The molecule has 126 valence electrons. The number of nitrogens with one attached hydrogen (secondary N) is 2. The van der Waals surface area contributed by atoms with Gasteiger partial charge in [0.1, 0.15) is 5.39 Å². The number of benzene rings is 1. The van der Waals surface area contributed by atoms with Crippen molar-refractivity contribution in [1.82, 2.24) is 14.8 Å². The molecule has 2 atom stereocenters. The van der Waals surface area contributed by atoms with Crippen LogP contribution < -0.4 is 10.9 Å². The predicted octanol–water partition coefficient (Wildman–Crippen LogP) is 3.72. The molecule has 2 unspecified atom stereocenters. The van der Waals surface area contributed by atoms with Gasteiger partial charge in [0.15, 0.2) is 5.82 Å². The molecule has 25 heavy (non-hydrogen) atoms. The molecule has 6 nitrogen and oxygen atoms in total. The molecule has 2 N–H and O–H groups in total. The van der Waals surface area contributed by atoms with E-state index in [-0.39, 0.29) is 17.5 Å². The standard InChI is InChI=1S/C19H19N5O/c20-12-13-6-4-5-9-15(13)24-16-10-11-21-19(25)17(16)18(23-24)22-14-7-2-1-3-8-14/h1-3,7-8,10-11,13,15H,4-6,9H2,(H,21,25)(H,22,23). The Morgan fingerprint density at radius 1 is 1.20 bits per heavy atom. The van der Waals surface area contributed by atoms with Crippen LogP contribution in [0.3, 0.4) is 0 Å². The van der Waals surface area contributed by atoms with Gasteiger partial charge in [0.25, 0.3) is 5.56 Å². The van der Waals surface area contributed by atoms with E-state index in [2.05, 4.69) is 16.4 Å². The lowest BCUT2D eigenvalue weighted by molar-refractivity contribution is 0.277. The van der Waals surface area contributed by atoms with Crippen molar-refractivity contribution >= 4 is 22.4 Å². The fourth-order valence-electron chi connectivity index (χ4n) is 3.65. The molecule has 2 aromatic heterocycles. The van der Waals surface area contributed by atoms with Crippen LogP contribution in [0.2, 0.25) is 0 Å². The SMILES string of the molecule is N#CC1CCCCC1n1nc(Nc2ccccc2)c2c(=O)[nH]ccc21. The number of para-hydroxylation sites is 1. The van der Waals surface area contributed by atoms with Crippen LogP contribution in [0.5, 0.6) is 0 Å². The van der Waals surface area contributed by atoms with Gasteiger partial charge < -0.3 is 10.3 Å². The Morgan fingerprint density at radius 2 is 2.00 bits per heavy atom. The summed E-state index contributed by atoms with van der Waals surface area (Å²) in [4.78, 5) is 15.2. The van der Waals surface area contributed by atoms with E-state index < -0.39 is 0 Å². The lowest BCUT2D eigenvalue weighted by Crippen LogP contribution is -2.23. The predicted molar refractivity (Wildman–Crippen MR) is 96.7 cm³/mol. The van der Waals surface area contributed by atoms with Crippen LogP contribution >= 0.6 is 0 Å². The first-order valence-corrected chi connectivity index (χ1v) is 8.59. The Bertz CT molecular complexity index is 982. The third-order valence-electron chi connectivity index (χ3n) is 4.88. The molecule has 1 aromatic carbocycles. The van der Waals surface area contributed by atoms with E-state index in [1.807, 2.05) is 41.1 Å². The number of fused-ring (bicyclic) bond motifs is 1. The third kappa shape index (κ3) is 2.78. The first-order chi connectivity index (χ1) is 12.3. The highest BCUT2D eigenvalue weighted by atomic mass is 16.1. The monoisotopic (exact) mass is 333 g/mol. The second-order valence-electron chi connectivity index (χ2n) is 6.44. The van der Waals surface area contributed by atoms with Gasteiger partial charge in [-0.05, 0) is 31.0 Å². The highest BCUT2D eigenvalue weighted by Gasteiger charge is 2.29. The second-order valence-corrected chi connectivity index (χ2v) is 6.44. The van der Waals surface area contributed by atoms with Gasteiger partial charge in [0.05, 0.1) is 23.5 Å². The molecule has 1 aliphatic carbocycles. The molecule has 1 saturated carbocycles. The third-order valence-corrected chi connectivity index (χ3v) is 4.88. The first kappa shape index (κ1) is 15.5. The normalized spacial score (nSPS) is 20.3. The Labute approximate surface area is 145 Å². The van der Waals surface area contributed by atoms with Gasteiger partial charge in [-0.3, -0.25) is 9.48 Å². The number of H-pyrrole nitrogens is 1. The number of nitrogens with zero attached hydrogens (tertiary/aromatic N) is 3. The van der Waals surface area contributed by atoms with Gasteiger partial charge in [-0.25, -0.2) is 0 Å². The number of aromatic nitrogens is 3. The molecule has 0 aliphatic heterocycles. The van der Waals surface area contributed by atoms with Crippen molar-refractivity contribution in [2.45, 2.75) is 31.7 Å². The highest BCUT2D eigenvalue weighted by molar-refractivity contribution is 5.91. The highest BCUT2D eigenvalue weighted by Crippen LogP contribution is 2.36. The van der Waals surface area contributed by atoms with E-state index in [4.69, 9.17) is 5.10 Å². The van der Waals surface area contributed by atoms with Crippen LogP contribution in [0.1, 0.15) is 31.7 Å². The topological polar surface area (TPSA) is 86.5 Å². The zero-order valence-corrected chi connectivity index (χ0v) is 13.8. The maximum atomic E-state index is 12.4. The van der Waals surface area contributed by atoms with Crippen LogP contribution in [-0.2, 0) is 0 Å². The van der Waals surface area contributed by atoms with Crippen LogP contribution in [0.4, 0.5) is 11.5 Å². The lowest BCUT2D eigenvalue weighted by atomic mass is 9.85. The summed E-state index contributed by atoms with van der Waals surface area (Å²) in [5.74, 6) is 0.464. The number of hydrogen-bond donors (Lipinski definition) is 2. The molecule has 0 radical (unpaired) electrons. The molecule has 2 heterocycles. The quantitative estimate of drug-likeness (QED) is 0.765. The van der Waals surface area contributed by atoms with Crippen LogP contribution in [0.25, 0.3) is 10.9 Å². The van der Waals surface area contributed by atoms with Gasteiger partial charge in [-0.2, -0.15) is 10.4 Å². The van der Waals surface area contributed by atoms with E-state index in [1.165, 1.54) is 0 Å². The molecule has 0 amide bonds. The first-order valence-electron chi connectivity index (χ1n) is 8.59. The largest absolute Gasteiger partial charge is 0.338 e. The van der Waals surface area contributed by atoms with Crippen molar-refractivity contribution in [3.63, 3.8) is 0 Å². The summed E-state index contributed by atoms with van der Waals surface area (Å²) in [6, 6.07) is 14.0. The Hall–Kier alpha value is -3.07. The summed E-state index contributed by atoms with van der Waals surface area (Å²) in [5.41, 5.74) is 1.47. The molecule has 6 heteroatoms. The molecule has 3 aromatic rings. The smallest absolute Gasteiger partial charge is 0.261 e. The van der Waals surface area contributed by atoms with Crippen LogP contribution in [0, 0.1) is 17.2 Å². The van der Waals surface area contributed by atoms with Gasteiger partial charge in [-0.1, -0.05) is 31.0 Å². The number of rotatable bonds is 3. The maximum Gasteiger partial charge on any atom is 0.261 e. The van der Waals surface area contributed by atoms with Gasteiger partial charge in [0.2, 0.25) is 0 Å². The summed E-state index contributed by atoms with van der Waals surface area (Å²) in [6.07, 6.45) is 5.58. The minimum absolute atomic E-state index is 0.00868. The second kappa shape index (κ2) is 6.44. The van der Waals surface area contributed by atoms with Gasteiger partial charge in [0, 0.05) is 11.9 Å². The fraction of sp³-hybridized carbons (Fsp3) is 0.316. The summed E-state index contributed by atoms with van der Waals surface area (Å²) in [6.45, 7) is 0. The fourth-order valence-corrected chi connectivity index (χ4v) is 3.65. The van der Waals surface area contributed by atoms with Crippen molar-refractivity contribution in [2.24, 2.45) is 5.92 Å². The average Bonchev–Trinajstić information content (AvgIpc) is 3.02. The molecule has 0 saturated heterocycles. The maximum absolute atomic E-state index is 12.4. The zero-order chi connectivity index (χ0) is 17.2. The minimum Gasteiger partial charge on any atom is -0.338 e. The molecule has 0 spiro atoms. The van der Waals surface area contributed by atoms with E-state index in [9.17, 15) is 10.1 Å². The lowest BCUT2D eigenvalue weighted by Gasteiger charge is -2.27. The van der Waals surface area contributed by atoms with Crippen molar-refractivity contribution in [2.75, 3.05) is 5.32 Å². The summed E-state index contributed by atoms with van der Waals surface area (Å²) in [5, 5.41) is 18.0. The number of nitriles is 1. The van der Waals surface area contributed by atoms with Crippen molar-refractivity contribution in [3.05, 3.63) is 52.9 Å². The number of pyridine rings is 1. The molecular formula is C19H19N5O. The summed E-state index contributed by atoms with van der Waals surface area (Å²) in [7, 11) is 0. The molecule has 1 fully saturated rings.